The van der Waals surface area contributed by atoms with E-state index < -0.39 is 60.5 Å². The van der Waals surface area contributed by atoms with Crippen molar-refractivity contribution in [3.8, 4) is 0 Å². The van der Waals surface area contributed by atoms with Crippen LogP contribution in [0.2, 0.25) is 0 Å². The first-order chi connectivity index (χ1) is 18.8. The number of benzene rings is 3. The Hall–Kier alpha value is -3.40. The molecule has 0 aliphatic carbocycles. The second kappa shape index (κ2) is 11.6. The Kier molecular flexibility index (Phi) is 8.58. The molecule has 214 valence electrons. The Labute approximate surface area is 228 Å². The zero-order valence-corrected chi connectivity index (χ0v) is 21.8. The van der Waals surface area contributed by atoms with Crippen molar-refractivity contribution in [2.24, 2.45) is 5.92 Å². The third kappa shape index (κ3) is 6.01. The minimum Gasteiger partial charge on any atom is -0.359 e. The molecule has 3 aromatic carbocycles. The monoisotopic (exact) mass is 566 g/mol. The van der Waals surface area contributed by atoms with Gasteiger partial charge in [0.2, 0.25) is 5.91 Å². The lowest BCUT2D eigenvalue weighted by atomic mass is 9.67. The summed E-state index contributed by atoms with van der Waals surface area (Å²) in [6.07, 6.45) is -10.0. The van der Waals surface area contributed by atoms with E-state index in [1.54, 1.807) is 0 Å². The van der Waals surface area contributed by atoms with Crippen LogP contribution in [0.25, 0.3) is 0 Å². The third-order valence-electron chi connectivity index (χ3n) is 7.67. The molecule has 0 spiro atoms. The van der Waals surface area contributed by atoms with Gasteiger partial charge in [-0.15, -0.1) is 0 Å². The maximum atomic E-state index is 15.1. The van der Waals surface area contributed by atoms with Crippen LogP contribution in [-0.2, 0) is 4.79 Å². The molecule has 1 N–H and O–H groups in total. The molecular weight excluding hydrogens is 537 g/mol. The summed E-state index contributed by atoms with van der Waals surface area (Å²) >= 11 is 0. The van der Waals surface area contributed by atoms with Crippen LogP contribution in [0.15, 0.2) is 78.9 Å². The van der Waals surface area contributed by atoms with Crippen LogP contribution in [0, 0.1) is 18.7 Å². The molecule has 1 amide bonds. The average molecular weight is 567 g/mol. The molecule has 1 aliphatic heterocycles. The van der Waals surface area contributed by atoms with Gasteiger partial charge in [0.15, 0.2) is 0 Å². The van der Waals surface area contributed by atoms with Crippen LogP contribution in [0.3, 0.4) is 0 Å². The third-order valence-corrected chi connectivity index (χ3v) is 7.67. The van der Waals surface area contributed by atoms with Crippen LogP contribution in [0.5, 0.6) is 0 Å². The molecule has 40 heavy (non-hydrogen) atoms. The van der Waals surface area contributed by atoms with Crippen LogP contribution < -0.4 is 5.32 Å². The molecule has 1 aliphatic rings. The molecule has 1 heterocycles. The van der Waals surface area contributed by atoms with E-state index in [2.05, 4.69) is 5.32 Å². The van der Waals surface area contributed by atoms with Gasteiger partial charge in [0.05, 0.1) is 5.92 Å². The summed E-state index contributed by atoms with van der Waals surface area (Å²) in [7, 11) is 1.33. The number of nitrogens with one attached hydrogen (secondary N) is 1. The Bertz CT molecular complexity index is 1290. The highest BCUT2D eigenvalue weighted by atomic mass is 19.4. The highest BCUT2D eigenvalue weighted by molar-refractivity contribution is 5.80. The largest absolute Gasteiger partial charge is 0.408 e. The van der Waals surface area contributed by atoms with Crippen molar-refractivity contribution < 1.29 is 35.5 Å². The van der Waals surface area contributed by atoms with Gasteiger partial charge in [0.25, 0.3) is 0 Å². The van der Waals surface area contributed by atoms with Crippen molar-refractivity contribution in [3.63, 3.8) is 0 Å². The van der Waals surface area contributed by atoms with Crippen molar-refractivity contribution in [1.29, 1.82) is 0 Å². The summed E-state index contributed by atoms with van der Waals surface area (Å²) in [5.41, 5.74) is 0.0233. The molecule has 0 saturated carbocycles. The fourth-order valence-corrected chi connectivity index (χ4v) is 6.10. The van der Waals surface area contributed by atoms with Crippen LogP contribution in [0.4, 0.5) is 30.7 Å². The first-order valence-corrected chi connectivity index (χ1v) is 12.8. The van der Waals surface area contributed by atoms with Crippen molar-refractivity contribution in [2.45, 2.75) is 49.6 Å². The van der Waals surface area contributed by atoms with Gasteiger partial charge in [-0.2, -0.15) is 26.3 Å². The number of amides is 1. The number of piperidine rings is 1. The maximum Gasteiger partial charge on any atom is 0.408 e. The Morgan fingerprint density at radius 3 is 1.95 bits per heavy atom. The number of hydrogen-bond donors (Lipinski definition) is 1. The van der Waals surface area contributed by atoms with Gasteiger partial charge in [-0.05, 0) is 47.7 Å². The number of halogens is 7. The van der Waals surface area contributed by atoms with E-state index in [9.17, 15) is 22.4 Å². The molecule has 1 fully saturated rings. The molecule has 5 unspecified atom stereocenters. The molecular formula is C30H29F7N2O. The molecule has 0 aromatic heterocycles. The van der Waals surface area contributed by atoms with Gasteiger partial charge in [0.1, 0.15) is 11.9 Å². The second-order valence-electron chi connectivity index (χ2n) is 10.0. The predicted octanol–water partition coefficient (Wildman–Crippen LogP) is 7.30. The number of likely N-dealkylation sites (tertiary alicyclic amines) is 1. The summed E-state index contributed by atoms with van der Waals surface area (Å²) in [5.74, 6) is -6.04. The average Bonchev–Trinajstić information content (AvgIpc) is 2.89. The summed E-state index contributed by atoms with van der Waals surface area (Å²) in [6.45, 7) is 1.07. The normalized spacial score (nSPS) is 22.0. The SMILES string of the molecule is CNC(=O)C1CCN(C(c2ccccc2)C(F)(F)F)C(C(c2ccccc2)C(F)(F)F)C1c1ccc(F)cc1C. The summed E-state index contributed by atoms with van der Waals surface area (Å²) < 4.78 is 104. The Morgan fingerprint density at radius 1 is 0.875 bits per heavy atom. The summed E-state index contributed by atoms with van der Waals surface area (Å²) in [4.78, 5) is 14.0. The van der Waals surface area contributed by atoms with E-state index in [0.717, 1.165) is 17.0 Å². The van der Waals surface area contributed by atoms with Gasteiger partial charge in [-0.1, -0.05) is 66.7 Å². The van der Waals surface area contributed by atoms with Gasteiger partial charge in [0, 0.05) is 31.5 Å². The number of aryl methyl sites for hydroxylation is 1. The van der Waals surface area contributed by atoms with E-state index in [4.69, 9.17) is 0 Å². The lowest BCUT2D eigenvalue weighted by molar-refractivity contribution is -0.220. The molecule has 4 rings (SSSR count). The fourth-order valence-electron chi connectivity index (χ4n) is 6.10. The number of alkyl halides is 6. The number of nitrogens with zero attached hydrogens (tertiary/aromatic N) is 1. The molecule has 3 aromatic rings. The maximum absolute atomic E-state index is 15.1. The zero-order valence-electron chi connectivity index (χ0n) is 21.8. The van der Waals surface area contributed by atoms with E-state index in [-0.39, 0.29) is 28.7 Å². The van der Waals surface area contributed by atoms with Crippen molar-refractivity contribution in [2.75, 3.05) is 13.6 Å². The van der Waals surface area contributed by atoms with Crippen LogP contribution in [0.1, 0.15) is 46.6 Å². The predicted molar refractivity (Wildman–Crippen MR) is 137 cm³/mol. The summed E-state index contributed by atoms with van der Waals surface area (Å²) in [5, 5.41) is 2.47. The quantitative estimate of drug-likeness (QED) is 0.318. The van der Waals surface area contributed by atoms with E-state index >= 15 is 13.2 Å². The zero-order chi connectivity index (χ0) is 29.2. The van der Waals surface area contributed by atoms with Gasteiger partial charge >= 0.3 is 12.4 Å². The minimum atomic E-state index is -4.98. The lowest BCUT2D eigenvalue weighted by Crippen LogP contribution is -2.59. The number of hydrogen-bond acceptors (Lipinski definition) is 2. The smallest absolute Gasteiger partial charge is 0.359 e. The van der Waals surface area contributed by atoms with Crippen LogP contribution >= 0.6 is 0 Å². The first kappa shape index (κ1) is 29.6. The number of rotatable bonds is 6. The summed E-state index contributed by atoms with van der Waals surface area (Å²) in [6, 6.07) is 12.8. The van der Waals surface area contributed by atoms with Gasteiger partial charge < -0.3 is 5.32 Å². The molecule has 0 radical (unpaired) electrons. The standard InChI is InChI=1S/C30H29F7N2O/c1-18-17-21(31)13-14-22(18)24-23(28(40)38-2)15-16-39(27(30(35,36)37)20-11-7-4-8-12-20)26(24)25(29(32,33)34)19-9-5-3-6-10-19/h3-14,17,23-27H,15-16H2,1-2H3,(H,38,40). The van der Waals surface area contributed by atoms with Gasteiger partial charge in [-0.25, -0.2) is 4.39 Å². The lowest BCUT2D eigenvalue weighted by Gasteiger charge is -2.52. The van der Waals surface area contributed by atoms with E-state index in [1.807, 2.05) is 0 Å². The topological polar surface area (TPSA) is 32.3 Å². The molecule has 5 atom stereocenters. The number of carbonyl (C=O) groups is 1. The molecule has 10 heteroatoms. The first-order valence-electron chi connectivity index (χ1n) is 12.8. The highest BCUT2D eigenvalue weighted by Gasteiger charge is 2.59. The molecule has 0 bridgehead atoms. The Morgan fingerprint density at radius 2 is 1.45 bits per heavy atom. The number of carbonyl (C=O) groups excluding carboxylic acids is 1. The van der Waals surface area contributed by atoms with Crippen molar-refractivity contribution >= 4 is 5.91 Å². The second-order valence-corrected chi connectivity index (χ2v) is 10.0. The van der Waals surface area contributed by atoms with Gasteiger partial charge in [-0.3, -0.25) is 9.69 Å². The van der Waals surface area contributed by atoms with Crippen molar-refractivity contribution in [3.05, 3.63) is 107 Å². The fraction of sp³-hybridized carbons (Fsp3) is 0.367. The van der Waals surface area contributed by atoms with Crippen molar-refractivity contribution in [1.82, 2.24) is 10.2 Å². The minimum absolute atomic E-state index is 0.129. The van der Waals surface area contributed by atoms with E-state index in [1.165, 1.54) is 80.7 Å². The molecule has 1 saturated heterocycles. The highest BCUT2D eigenvalue weighted by Crippen LogP contribution is 2.54. The van der Waals surface area contributed by atoms with E-state index in [0.29, 0.717) is 0 Å². The van der Waals surface area contributed by atoms with Crippen LogP contribution in [-0.4, -0.2) is 42.8 Å². The molecule has 3 nitrogen and oxygen atoms in total. The Balaban J connectivity index is 2.05.